The predicted octanol–water partition coefficient (Wildman–Crippen LogP) is 3.54. The number of carbonyl (C=O) groups excluding carboxylic acids is 2. The van der Waals surface area contributed by atoms with Crippen molar-refractivity contribution in [1.82, 2.24) is 5.32 Å². The van der Waals surface area contributed by atoms with E-state index in [1.54, 1.807) is 24.3 Å². The number of ether oxygens (including phenoxy) is 2. The normalized spacial score (nSPS) is 18.7. The van der Waals surface area contributed by atoms with E-state index in [2.05, 4.69) is 5.32 Å². The largest absolute Gasteiger partial charge is 0.504 e. The van der Waals surface area contributed by atoms with Gasteiger partial charge in [-0.3, -0.25) is 4.79 Å². The highest BCUT2D eigenvalue weighted by atomic mass is 16.5. The van der Waals surface area contributed by atoms with Crippen LogP contribution < -0.4 is 10.1 Å². The lowest BCUT2D eigenvalue weighted by atomic mass is 9.92. The molecule has 2 aromatic rings. The summed E-state index contributed by atoms with van der Waals surface area (Å²) in [4.78, 5) is 24.6. The van der Waals surface area contributed by atoms with E-state index in [-0.39, 0.29) is 36.2 Å². The first kappa shape index (κ1) is 20.7. The van der Waals surface area contributed by atoms with Crippen molar-refractivity contribution in [2.75, 3.05) is 7.11 Å². The molecule has 0 aliphatic heterocycles. The van der Waals surface area contributed by atoms with Gasteiger partial charge in [0.25, 0.3) is 0 Å². The molecule has 0 spiro atoms. The fourth-order valence-electron chi connectivity index (χ4n) is 3.53. The average Bonchev–Trinajstić information content (AvgIpc) is 2.71. The Morgan fingerprint density at radius 1 is 1.07 bits per heavy atom. The summed E-state index contributed by atoms with van der Waals surface area (Å²) in [6, 6.07) is 12.3. The van der Waals surface area contributed by atoms with Crippen LogP contribution in [-0.4, -0.2) is 36.2 Å². The molecular formula is C23H27NO5. The van der Waals surface area contributed by atoms with E-state index in [1.165, 1.54) is 13.2 Å². The Labute approximate surface area is 170 Å². The van der Waals surface area contributed by atoms with E-state index >= 15 is 0 Å². The van der Waals surface area contributed by atoms with Crippen LogP contribution in [-0.2, 0) is 16.0 Å². The molecule has 1 aliphatic carbocycles. The van der Waals surface area contributed by atoms with Crippen molar-refractivity contribution in [3.63, 3.8) is 0 Å². The molecule has 29 heavy (non-hydrogen) atoms. The van der Waals surface area contributed by atoms with E-state index in [9.17, 15) is 14.7 Å². The fraction of sp³-hybridized carbons (Fsp3) is 0.391. The Hall–Kier alpha value is -3.02. The van der Waals surface area contributed by atoms with Gasteiger partial charge in [0.15, 0.2) is 11.5 Å². The molecule has 0 aromatic heterocycles. The van der Waals surface area contributed by atoms with Gasteiger partial charge < -0.3 is 19.9 Å². The highest BCUT2D eigenvalue weighted by Crippen LogP contribution is 2.27. The minimum absolute atomic E-state index is 0.0511. The molecule has 1 amide bonds. The van der Waals surface area contributed by atoms with Crippen LogP contribution in [0.1, 0.15) is 47.2 Å². The lowest BCUT2D eigenvalue weighted by molar-refractivity contribution is -0.121. The highest BCUT2D eigenvalue weighted by Gasteiger charge is 2.25. The van der Waals surface area contributed by atoms with Crippen molar-refractivity contribution in [3.8, 4) is 11.5 Å². The Kier molecular flexibility index (Phi) is 6.75. The number of benzene rings is 2. The Morgan fingerprint density at radius 2 is 1.76 bits per heavy atom. The maximum absolute atomic E-state index is 12.3. The number of methoxy groups -OCH3 is 1. The van der Waals surface area contributed by atoms with Crippen LogP contribution in [0.25, 0.3) is 0 Å². The number of amides is 1. The molecule has 0 bridgehead atoms. The quantitative estimate of drug-likeness (QED) is 0.729. The van der Waals surface area contributed by atoms with Gasteiger partial charge in [-0.2, -0.15) is 0 Å². The number of rotatable bonds is 6. The molecule has 0 heterocycles. The Morgan fingerprint density at radius 3 is 2.41 bits per heavy atom. The Balaban J connectivity index is 1.44. The van der Waals surface area contributed by atoms with Crippen LogP contribution >= 0.6 is 0 Å². The van der Waals surface area contributed by atoms with Gasteiger partial charge >= 0.3 is 5.97 Å². The third-order valence-corrected chi connectivity index (χ3v) is 5.21. The first-order valence-electron chi connectivity index (χ1n) is 9.87. The van der Waals surface area contributed by atoms with Crippen molar-refractivity contribution < 1.29 is 24.2 Å². The molecule has 0 atom stereocenters. The minimum atomic E-state index is -0.293. The molecule has 1 saturated carbocycles. The number of esters is 1. The van der Waals surface area contributed by atoms with E-state index < -0.39 is 0 Å². The van der Waals surface area contributed by atoms with Crippen molar-refractivity contribution in [2.45, 2.75) is 51.2 Å². The summed E-state index contributed by atoms with van der Waals surface area (Å²) in [5.41, 5.74) is 2.44. The molecule has 6 heteroatoms. The second-order valence-corrected chi connectivity index (χ2v) is 7.50. The lowest BCUT2D eigenvalue weighted by Crippen LogP contribution is -2.40. The van der Waals surface area contributed by atoms with Crippen LogP contribution in [0.4, 0.5) is 0 Å². The number of phenolic OH excluding ortho intramolecular Hbond substituents is 1. The van der Waals surface area contributed by atoms with Gasteiger partial charge in [0, 0.05) is 6.04 Å². The highest BCUT2D eigenvalue weighted by molar-refractivity contribution is 5.89. The predicted molar refractivity (Wildman–Crippen MR) is 109 cm³/mol. The molecular weight excluding hydrogens is 370 g/mol. The Bertz CT molecular complexity index is 854. The SMILES string of the molecule is COc1cc(CC(=O)NC2CCC(OC(=O)c3ccc(C)cc3)CC2)ccc1O. The summed E-state index contributed by atoms with van der Waals surface area (Å²) < 4.78 is 10.7. The van der Waals surface area contributed by atoms with Gasteiger partial charge in [-0.05, 0) is 62.4 Å². The first-order valence-corrected chi connectivity index (χ1v) is 9.87. The van der Waals surface area contributed by atoms with Gasteiger partial charge in [0.05, 0.1) is 19.1 Å². The van der Waals surface area contributed by atoms with Crippen LogP contribution in [0, 0.1) is 6.92 Å². The second-order valence-electron chi connectivity index (χ2n) is 7.50. The third kappa shape index (κ3) is 5.73. The molecule has 6 nitrogen and oxygen atoms in total. The maximum Gasteiger partial charge on any atom is 0.338 e. The second kappa shape index (κ2) is 9.45. The van der Waals surface area contributed by atoms with Crippen molar-refractivity contribution in [2.24, 2.45) is 0 Å². The van der Waals surface area contributed by atoms with Crippen molar-refractivity contribution in [1.29, 1.82) is 0 Å². The van der Waals surface area contributed by atoms with Gasteiger partial charge in [-0.15, -0.1) is 0 Å². The lowest BCUT2D eigenvalue weighted by Gasteiger charge is -2.29. The zero-order valence-electron chi connectivity index (χ0n) is 16.8. The summed E-state index contributed by atoms with van der Waals surface area (Å²) in [6.07, 6.45) is 3.12. The van der Waals surface area contributed by atoms with E-state index in [4.69, 9.17) is 9.47 Å². The van der Waals surface area contributed by atoms with Crippen LogP contribution in [0.5, 0.6) is 11.5 Å². The molecule has 0 radical (unpaired) electrons. The summed E-state index contributed by atoms with van der Waals surface area (Å²) in [5.74, 6) is 0.0398. The topological polar surface area (TPSA) is 84.9 Å². The van der Waals surface area contributed by atoms with Crippen molar-refractivity contribution >= 4 is 11.9 Å². The summed E-state index contributed by atoms with van der Waals surface area (Å²) in [5, 5.41) is 12.7. The monoisotopic (exact) mass is 397 g/mol. The van der Waals surface area contributed by atoms with Crippen LogP contribution in [0.15, 0.2) is 42.5 Å². The number of nitrogens with one attached hydrogen (secondary N) is 1. The van der Waals surface area contributed by atoms with Gasteiger partial charge in [0.1, 0.15) is 6.10 Å². The molecule has 0 unspecified atom stereocenters. The van der Waals surface area contributed by atoms with E-state index in [0.717, 1.165) is 36.8 Å². The number of aryl methyl sites for hydroxylation is 1. The smallest absolute Gasteiger partial charge is 0.338 e. The molecule has 2 aromatic carbocycles. The molecule has 154 valence electrons. The van der Waals surface area contributed by atoms with Gasteiger partial charge in [-0.25, -0.2) is 4.79 Å². The molecule has 0 saturated heterocycles. The number of phenols is 1. The minimum Gasteiger partial charge on any atom is -0.504 e. The zero-order valence-corrected chi connectivity index (χ0v) is 16.8. The molecule has 1 aliphatic rings. The fourth-order valence-corrected chi connectivity index (χ4v) is 3.53. The summed E-state index contributed by atoms with van der Waals surface area (Å²) in [7, 11) is 1.48. The average molecular weight is 397 g/mol. The molecule has 1 fully saturated rings. The standard InChI is InChI=1S/C23H27NO5/c1-15-3-6-17(7-4-15)23(27)29-19-10-8-18(9-11-19)24-22(26)14-16-5-12-20(25)21(13-16)28-2/h3-7,12-13,18-19,25H,8-11,14H2,1-2H3,(H,24,26). The number of carbonyl (C=O) groups is 2. The van der Waals surface area contributed by atoms with Crippen LogP contribution in [0.2, 0.25) is 0 Å². The maximum atomic E-state index is 12.3. The van der Waals surface area contributed by atoms with E-state index in [1.807, 2.05) is 19.1 Å². The summed E-state index contributed by atoms with van der Waals surface area (Å²) in [6.45, 7) is 1.98. The van der Waals surface area contributed by atoms with Gasteiger partial charge in [-0.1, -0.05) is 23.8 Å². The molecule has 2 N–H and O–H groups in total. The number of aromatic hydroxyl groups is 1. The summed E-state index contributed by atoms with van der Waals surface area (Å²) >= 11 is 0. The number of hydrogen-bond donors (Lipinski definition) is 2. The van der Waals surface area contributed by atoms with Gasteiger partial charge in [0.2, 0.25) is 5.91 Å². The number of hydrogen-bond acceptors (Lipinski definition) is 5. The van der Waals surface area contributed by atoms with Crippen molar-refractivity contribution in [3.05, 3.63) is 59.2 Å². The first-order chi connectivity index (χ1) is 13.9. The van der Waals surface area contributed by atoms with Crippen LogP contribution in [0.3, 0.4) is 0 Å². The molecule has 3 rings (SSSR count). The third-order valence-electron chi connectivity index (χ3n) is 5.21. The van der Waals surface area contributed by atoms with E-state index in [0.29, 0.717) is 11.3 Å². The zero-order chi connectivity index (χ0) is 20.8.